The molecule has 4 heteroatoms. The molecule has 0 saturated heterocycles. The molecule has 0 fully saturated rings. The summed E-state index contributed by atoms with van der Waals surface area (Å²) in [5.74, 6) is 1.61. The summed E-state index contributed by atoms with van der Waals surface area (Å²) in [7, 11) is 3.30. The standard InChI is InChI=1S/C19H19NO3/c1-22-17-10-13-7-8-20-16(15(13)11-18(17)23-2)9-12-5-3-4-6-14(12)19(20)21/h3-6,10-11,16H,7-9H2,1-2H3. The normalized spacial score (nSPS) is 18.8. The Bertz CT molecular complexity index is 784. The second-order valence-electron chi connectivity index (χ2n) is 6.03. The zero-order valence-electron chi connectivity index (χ0n) is 13.3. The van der Waals surface area contributed by atoms with Crippen LogP contribution in [0.15, 0.2) is 36.4 Å². The van der Waals surface area contributed by atoms with Gasteiger partial charge in [0, 0.05) is 12.1 Å². The van der Waals surface area contributed by atoms with Gasteiger partial charge in [-0.25, -0.2) is 0 Å². The van der Waals surface area contributed by atoms with Crippen molar-refractivity contribution < 1.29 is 14.3 Å². The van der Waals surface area contributed by atoms with Crippen molar-refractivity contribution in [1.82, 2.24) is 4.90 Å². The van der Waals surface area contributed by atoms with Crippen LogP contribution in [0.5, 0.6) is 11.5 Å². The van der Waals surface area contributed by atoms with E-state index in [0.29, 0.717) is 0 Å². The third-order valence-electron chi connectivity index (χ3n) is 4.92. The molecular weight excluding hydrogens is 290 g/mol. The van der Waals surface area contributed by atoms with Gasteiger partial charge in [-0.05, 0) is 47.7 Å². The topological polar surface area (TPSA) is 38.8 Å². The molecule has 0 aliphatic carbocycles. The molecule has 0 spiro atoms. The molecule has 2 aliphatic rings. The van der Waals surface area contributed by atoms with Crippen LogP contribution in [-0.2, 0) is 12.8 Å². The van der Waals surface area contributed by atoms with Crippen LogP contribution >= 0.6 is 0 Å². The smallest absolute Gasteiger partial charge is 0.254 e. The van der Waals surface area contributed by atoms with E-state index in [4.69, 9.17) is 9.47 Å². The van der Waals surface area contributed by atoms with Crippen molar-refractivity contribution in [3.8, 4) is 11.5 Å². The Morgan fingerprint density at radius 3 is 2.57 bits per heavy atom. The molecule has 23 heavy (non-hydrogen) atoms. The number of methoxy groups -OCH3 is 2. The molecule has 1 atom stereocenters. The highest BCUT2D eigenvalue weighted by Gasteiger charge is 2.37. The average molecular weight is 309 g/mol. The van der Waals surface area contributed by atoms with Gasteiger partial charge in [0.25, 0.3) is 5.91 Å². The van der Waals surface area contributed by atoms with Gasteiger partial charge in [-0.2, -0.15) is 0 Å². The third kappa shape index (κ3) is 2.09. The van der Waals surface area contributed by atoms with Gasteiger partial charge in [-0.15, -0.1) is 0 Å². The molecule has 0 N–H and O–H groups in total. The summed E-state index contributed by atoms with van der Waals surface area (Å²) in [6, 6.07) is 12.1. The lowest BCUT2D eigenvalue weighted by atomic mass is 9.83. The molecule has 2 aromatic rings. The van der Waals surface area contributed by atoms with Crippen LogP contribution < -0.4 is 9.47 Å². The Balaban J connectivity index is 1.83. The van der Waals surface area contributed by atoms with Crippen LogP contribution in [-0.4, -0.2) is 31.6 Å². The highest BCUT2D eigenvalue weighted by Crippen LogP contribution is 2.42. The fraction of sp³-hybridized carbons (Fsp3) is 0.316. The van der Waals surface area contributed by atoms with Crippen LogP contribution in [0.1, 0.15) is 33.1 Å². The molecule has 0 bridgehead atoms. The largest absolute Gasteiger partial charge is 0.493 e. The number of ether oxygens (including phenoxy) is 2. The van der Waals surface area contributed by atoms with Gasteiger partial charge < -0.3 is 14.4 Å². The zero-order valence-corrected chi connectivity index (χ0v) is 13.3. The fourth-order valence-electron chi connectivity index (χ4n) is 3.76. The Kier molecular flexibility index (Phi) is 3.26. The first-order chi connectivity index (χ1) is 11.2. The predicted octanol–water partition coefficient (Wildman–Crippen LogP) is 3.00. The maximum Gasteiger partial charge on any atom is 0.254 e. The Morgan fingerprint density at radius 2 is 1.78 bits per heavy atom. The average Bonchev–Trinajstić information content (AvgIpc) is 2.60. The summed E-state index contributed by atoms with van der Waals surface area (Å²) in [4.78, 5) is 14.8. The molecule has 2 aromatic carbocycles. The Hall–Kier alpha value is -2.49. The maximum atomic E-state index is 12.8. The van der Waals surface area contributed by atoms with E-state index >= 15 is 0 Å². The number of benzene rings is 2. The predicted molar refractivity (Wildman–Crippen MR) is 87.2 cm³/mol. The van der Waals surface area contributed by atoms with E-state index in [9.17, 15) is 4.79 Å². The quantitative estimate of drug-likeness (QED) is 0.856. The van der Waals surface area contributed by atoms with Gasteiger partial charge in [0.2, 0.25) is 0 Å². The van der Waals surface area contributed by atoms with Crippen LogP contribution in [0.3, 0.4) is 0 Å². The molecule has 0 aromatic heterocycles. The van der Waals surface area contributed by atoms with Gasteiger partial charge in [0.15, 0.2) is 11.5 Å². The number of nitrogens with zero attached hydrogens (tertiary/aromatic N) is 1. The van der Waals surface area contributed by atoms with Crippen molar-refractivity contribution in [3.05, 3.63) is 58.7 Å². The Labute approximate surface area is 135 Å². The summed E-state index contributed by atoms with van der Waals surface area (Å²) in [6.07, 6.45) is 1.70. The lowest BCUT2D eigenvalue weighted by Gasteiger charge is -2.41. The van der Waals surface area contributed by atoms with Gasteiger partial charge in [0.1, 0.15) is 0 Å². The first-order valence-electron chi connectivity index (χ1n) is 7.86. The number of hydrogen-bond acceptors (Lipinski definition) is 3. The Morgan fingerprint density at radius 1 is 1.04 bits per heavy atom. The SMILES string of the molecule is COc1cc2c(cc1OC)C1Cc3ccccc3C(=O)N1CC2. The molecule has 4 nitrogen and oxygen atoms in total. The van der Waals surface area contributed by atoms with Crippen molar-refractivity contribution in [2.45, 2.75) is 18.9 Å². The van der Waals surface area contributed by atoms with Crippen molar-refractivity contribution in [1.29, 1.82) is 0 Å². The molecule has 0 saturated carbocycles. The van der Waals surface area contributed by atoms with E-state index in [1.165, 1.54) is 11.1 Å². The minimum absolute atomic E-state index is 0.0842. The number of fused-ring (bicyclic) bond motifs is 4. The lowest BCUT2D eigenvalue weighted by Crippen LogP contribution is -2.44. The van der Waals surface area contributed by atoms with Crippen molar-refractivity contribution >= 4 is 5.91 Å². The summed E-state index contributed by atoms with van der Waals surface area (Å²) >= 11 is 0. The number of amides is 1. The summed E-state index contributed by atoms with van der Waals surface area (Å²) in [5, 5.41) is 0. The van der Waals surface area contributed by atoms with Crippen molar-refractivity contribution in [2.24, 2.45) is 0 Å². The van der Waals surface area contributed by atoms with E-state index < -0.39 is 0 Å². The summed E-state index contributed by atoms with van der Waals surface area (Å²) < 4.78 is 10.9. The molecule has 0 radical (unpaired) electrons. The summed E-state index contributed by atoms with van der Waals surface area (Å²) in [6.45, 7) is 0.750. The zero-order chi connectivity index (χ0) is 16.0. The van der Waals surface area contributed by atoms with Crippen LogP contribution in [0.25, 0.3) is 0 Å². The monoisotopic (exact) mass is 309 g/mol. The molecule has 2 aliphatic heterocycles. The lowest BCUT2D eigenvalue weighted by molar-refractivity contribution is 0.0631. The van der Waals surface area contributed by atoms with Crippen LogP contribution in [0.2, 0.25) is 0 Å². The van der Waals surface area contributed by atoms with Gasteiger partial charge >= 0.3 is 0 Å². The van der Waals surface area contributed by atoms with E-state index in [1.807, 2.05) is 29.2 Å². The van der Waals surface area contributed by atoms with Crippen molar-refractivity contribution in [2.75, 3.05) is 20.8 Å². The second kappa shape index (κ2) is 5.30. The minimum atomic E-state index is 0.0842. The first-order valence-corrected chi connectivity index (χ1v) is 7.86. The highest BCUT2D eigenvalue weighted by atomic mass is 16.5. The van der Waals surface area contributed by atoms with E-state index in [2.05, 4.69) is 12.1 Å². The third-order valence-corrected chi connectivity index (χ3v) is 4.92. The molecule has 1 amide bonds. The van der Waals surface area contributed by atoms with E-state index in [0.717, 1.165) is 42.0 Å². The van der Waals surface area contributed by atoms with E-state index in [1.54, 1.807) is 14.2 Å². The number of carbonyl (C=O) groups excluding carboxylic acids is 1. The molecule has 4 rings (SSSR count). The maximum absolute atomic E-state index is 12.8. The van der Waals surface area contributed by atoms with E-state index in [-0.39, 0.29) is 11.9 Å². The molecule has 2 heterocycles. The summed E-state index contributed by atoms with van der Waals surface area (Å²) in [5.41, 5.74) is 4.39. The molecular formula is C19H19NO3. The van der Waals surface area contributed by atoms with Gasteiger partial charge in [-0.1, -0.05) is 18.2 Å². The van der Waals surface area contributed by atoms with Gasteiger partial charge in [0.05, 0.1) is 20.3 Å². The first kappa shape index (κ1) is 14.1. The number of rotatable bonds is 2. The fourth-order valence-corrected chi connectivity index (χ4v) is 3.76. The number of hydrogen-bond donors (Lipinski definition) is 0. The van der Waals surface area contributed by atoms with Crippen molar-refractivity contribution in [3.63, 3.8) is 0 Å². The minimum Gasteiger partial charge on any atom is -0.493 e. The number of carbonyl (C=O) groups is 1. The molecule has 118 valence electrons. The van der Waals surface area contributed by atoms with Crippen LogP contribution in [0.4, 0.5) is 0 Å². The molecule has 1 unspecified atom stereocenters. The van der Waals surface area contributed by atoms with Crippen LogP contribution in [0, 0.1) is 0 Å². The highest BCUT2D eigenvalue weighted by molar-refractivity contribution is 5.97. The second-order valence-corrected chi connectivity index (χ2v) is 6.03. The van der Waals surface area contributed by atoms with Gasteiger partial charge in [-0.3, -0.25) is 4.79 Å².